The summed E-state index contributed by atoms with van der Waals surface area (Å²) in [4.78, 5) is 11.6. The van der Waals surface area contributed by atoms with Crippen LogP contribution in [0.1, 0.15) is 27.0 Å². The molecule has 2 nitrogen and oxygen atoms in total. The van der Waals surface area contributed by atoms with Gasteiger partial charge in [0, 0.05) is 15.6 Å². The van der Waals surface area contributed by atoms with Crippen molar-refractivity contribution in [2.75, 3.05) is 0 Å². The van der Waals surface area contributed by atoms with Crippen molar-refractivity contribution in [2.24, 2.45) is 0 Å². The van der Waals surface area contributed by atoms with Crippen LogP contribution >= 0.6 is 31.9 Å². The topological polar surface area (TPSA) is 26.3 Å². The van der Waals surface area contributed by atoms with Crippen molar-refractivity contribution in [2.45, 2.75) is 20.5 Å². The molecule has 0 aliphatic heterocycles. The van der Waals surface area contributed by atoms with Gasteiger partial charge in [-0.1, -0.05) is 45.8 Å². The van der Waals surface area contributed by atoms with Crippen LogP contribution in [0.25, 0.3) is 0 Å². The Morgan fingerprint density at radius 2 is 1.95 bits per heavy atom. The van der Waals surface area contributed by atoms with Crippen LogP contribution < -0.4 is 4.74 Å². The van der Waals surface area contributed by atoms with Crippen molar-refractivity contribution < 1.29 is 9.53 Å². The van der Waals surface area contributed by atoms with E-state index >= 15 is 0 Å². The summed E-state index contributed by atoms with van der Waals surface area (Å²) in [5.41, 5.74) is 3.74. The zero-order valence-corrected chi connectivity index (χ0v) is 14.4. The van der Waals surface area contributed by atoms with Gasteiger partial charge in [0.05, 0.1) is 0 Å². The van der Waals surface area contributed by atoms with E-state index in [4.69, 9.17) is 4.74 Å². The van der Waals surface area contributed by atoms with E-state index in [1.807, 2.05) is 38.1 Å². The largest absolute Gasteiger partial charge is 0.489 e. The lowest BCUT2D eigenvalue weighted by Crippen LogP contribution is -2.04. The standard InChI is InChI=1S/C16H14Br2O2/c1-10-6-7-15(11(2)8-10)20-9-13-12(16(18)19)4-3-5-14(13)17/h3-8H,9H2,1-2H3. The molecule has 20 heavy (non-hydrogen) atoms. The van der Waals surface area contributed by atoms with Gasteiger partial charge in [-0.25, -0.2) is 0 Å². The van der Waals surface area contributed by atoms with Crippen molar-refractivity contribution in [3.8, 4) is 5.75 Å². The SMILES string of the molecule is Cc1ccc(OCc2c(Br)cccc2C(=O)Br)c(C)c1. The summed E-state index contributed by atoms with van der Waals surface area (Å²) in [6.45, 7) is 4.41. The highest BCUT2D eigenvalue weighted by Crippen LogP contribution is 2.26. The average Bonchev–Trinajstić information content (AvgIpc) is 2.38. The second kappa shape index (κ2) is 6.55. The molecule has 0 fully saturated rings. The van der Waals surface area contributed by atoms with Crippen LogP contribution in [0.3, 0.4) is 0 Å². The molecule has 0 aliphatic carbocycles. The Kier molecular flexibility index (Phi) is 5.00. The number of carbonyl (C=O) groups excluding carboxylic acids is 1. The van der Waals surface area contributed by atoms with Crippen LogP contribution in [0.15, 0.2) is 40.9 Å². The maximum Gasteiger partial charge on any atom is 0.228 e. The molecule has 2 rings (SSSR count). The van der Waals surface area contributed by atoms with Crippen LogP contribution in [0.2, 0.25) is 0 Å². The molecule has 2 aromatic carbocycles. The summed E-state index contributed by atoms with van der Waals surface area (Å²) in [5.74, 6) is 0.833. The summed E-state index contributed by atoms with van der Waals surface area (Å²) >= 11 is 6.47. The smallest absolute Gasteiger partial charge is 0.228 e. The molecule has 104 valence electrons. The van der Waals surface area contributed by atoms with E-state index in [2.05, 4.69) is 37.9 Å². The number of hydrogen-bond donors (Lipinski definition) is 0. The zero-order valence-electron chi connectivity index (χ0n) is 11.2. The van der Waals surface area contributed by atoms with Crippen molar-refractivity contribution in [3.05, 3.63) is 63.1 Å². The predicted octanol–water partition coefficient (Wildman–Crippen LogP) is 5.18. The fourth-order valence-corrected chi connectivity index (χ4v) is 2.85. The van der Waals surface area contributed by atoms with Gasteiger partial charge in [0.2, 0.25) is 4.69 Å². The number of carbonyl (C=O) groups is 1. The van der Waals surface area contributed by atoms with Crippen molar-refractivity contribution >= 4 is 36.6 Å². The molecule has 4 heteroatoms. The minimum atomic E-state index is -0.141. The summed E-state index contributed by atoms with van der Waals surface area (Å²) in [5, 5.41) is 0. The maximum absolute atomic E-state index is 11.6. The lowest BCUT2D eigenvalue weighted by Gasteiger charge is -2.13. The quantitative estimate of drug-likeness (QED) is 0.664. The molecule has 0 aliphatic rings. The van der Waals surface area contributed by atoms with Crippen LogP contribution in [-0.4, -0.2) is 4.69 Å². The molecular formula is C16H14Br2O2. The van der Waals surface area contributed by atoms with E-state index in [9.17, 15) is 4.79 Å². The third-order valence-electron chi connectivity index (χ3n) is 3.03. The fourth-order valence-electron chi connectivity index (χ4n) is 2.00. The molecule has 0 saturated carbocycles. The molecule has 0 bridgehead atoms. The minimum absolute atomic E-state index is 0.141. The summed E-state index contributed by atoms with van der Waals surface area (Å²) < 4.78 is 6.57. The van der Waals surface area contributed by atoms with Gasteiger partial charge >= 0.3 is 0 Å². The van der Waals surface area contributed by atoms with Crippen molar-refractivity contribution in [1.29, 1.82) is 0 Å². The second-order valence-electron chi connectivity index (χ2n) is 4.60. The van der Waals surface area contributed by atoms with Gasteiger partial charge in [0.1, 0.15) is 12.4 Å². The number of benzene rings is 2. The van der Waals surface area contributed by atoms with E-state index in [0.717, 1.165) is 21.3 Å². The van der Waals surface area contributed by atoms with Gasteiger partial charge < -0.3 is 4.74 Å². The first-order valence-corrected chi connectivity index (χ1v) is 7.75. The van der Waals surface area contributed by atoms with E-state index in [0.29, 0.717) is 12.2 Å². The molecule has 0 N–H and O–H groups in total. The third-order valence-corrected chi connectivity index (χ3v) is 4.20. The van der Waals surface area contributed by atoms with Crippen LogP contribution in [0, 0.1) is 13.8 Å². The van der Waals surface area contributed by atoms with Gasteiger partial charge in [-0.05, 0) is 47.5 Å². The highest BCUT2D eigenvalue weighted by atomic mass is 79.9. The molecule has 0 spiro atoms. The monoisotopic (exact) mass is 396 g/mol. The van der Waals surface area contributed by atoms with Crippen molar-refractivity contribution in [1.82, 2.24) is 0 Å². The molecule has 0 atom stereocenters. The normalized spacial score (nSPS) is 10.4. The molecule has 0 amide bonds. The fraction of sp³-hybridized carbons (Fsp3) is 0.188. The average molecular weight is 398 g/mol. The van der Waals surface area contributed by atoms with Crippen LogP contribution in [0.5, 0.6) is 5.75 Å². The van der Waals surface area contributed by atoms with Gasteiger partial charge in [-0.15, -0.1) is 0 Å². The Balaban J connectivity index is 2.25. The summed E-state index contributed by atoms with van der Waals surface area (Å²) in [6.07, 6.45) is 0. The second-order valence-corrected chi connectivity index (χ2v) is 6.17. The highest BCUT2D eigenvalue weighted by molar-refractivity contribution is 9.18. The van der Waals surface area contributed by atoms with Gasteiger partial charge in [0.25, 0.3) is 0 Å². The lowest BCUT2D eigenvalue weighted by atomic mass is 10.1. The number of hydrogen-bond acceptors (Lipinski definition) is 2. The first-order valence-electron chi connectivity index (χ1n) is 6.16. The number of aryl methyl sites for hydroxylation is 2. The Morgan fingerprint density at radius 3 is 2.60 bits per heavy atom. The Labute approximate surface area is 135 Å². The Morgan fingerprint density at radius 1 is 1.20 bits per heavy atom. The van der Waals surface area contributed by atoms with E-state index < -0.39 is 0 Å². The molecular weight excluding hydrogens is 384 g/mol. The highest BCUT2D eigenvalue weighted by Gasteiger charge is 2.12. The molecule has 0 unspecified atom stereocenters. The maximum atomic E-state index is 11.6. The first-order chi connectivity index (χ1) is 9.49. The number of rotatable bonds is 4. The summed E-state index contributed by atoms with van der Waals surface area (Å²) in [7, 11) is 0. The van der Waals surface area contributed by atoms with E-state index in [1.54, 1.807) is 6.07 Å². The van der Waals surface area contributed by atoms with Gasteiger partial charge in [-0.3, -0.25) is 4.79 Å². The van der Waals surface area contributed by atoms with E-state index in [1.165, 1.54) is 5.56 Å². The Hall–Kier alpha value is -1.13. The van der Waals surface area contributed by atoms with Gasteiger partial charge in [0.15, 0.2) is 0 Å². The number of ether oxygens (including phenoxy) is 1. The molecule has 0 radical (unpaired) electrons. The zero-order chi connectivity index (χ0) is 14.7. The predicted molar refractivity (Wildman–Crippen MR) is 87.6 cm³/mol. The molecule has 0 aromatic heterocycles. The molecule has 0 saturated heterocycles. The Bertz CT molecular complexity index is 651. The summed E-state index contributed by atoms with van der Waals surface area (Å²) in [6, 6.07) is 11.6. The van der Waals surface area contributed by atoms with E-state index in [-0.39, 0.29) is 4.69 Å². The lowest BCUT2D eigenvalue weighted by molar-refractivity contribution is 0.109. The molecule has 0 heterocycles. The van der Waals surface area contributed by atoms with Crippen LogP contribution in [-0.2, 0) is 6.61 Å². The first kappa shape index (κ1) is 15.3. The van der Waals surface area contributed by atoms with Gasteiger partial charge in [-0.2, -0.15) is 0 Å². The number of halogens is 2. The van der Waals surface area contributed by atoms with Crippen LogP contribution in [0.4, 0.5) is 0 Å². The minimum Gasteiger partial charge on any atom is -0.489 e. The molecule has 2 aromatic rings. The van der Waals surface area contributed by atoms with Crippen molar-refractivity contribution in [3.63, 3.8) is 0 Å². The third kappa shape index (κ3) is 3.49.